The Morgan fingerprint density at radius 2 is 2.10 bits per heavy atom. The lowest BCUT2D eigenvalue weighted by Crippen LogP contribution is -2.49. The minimum Gasteiger partial charge on any atom is -0.346 e. The van der Waals surface area contributed by atoms with E-state index in [2.05, 4.69) is 32.3 Å². The molecule has 21 heavy (non-hydrogen) atoms. The van der Waals surface area contributed by atoms with Gasteiger partial charge in [0.05, 0.1) is 5.56 Å². The average molecular weight is 291 g/mol. The highest BCUT2D eigenvalue weighted by Gasteiger charge is 2.31. The number of likely N-dealkylation sites (tertiary alicyclic amines) is 1. The van der Waals surface area contributed by atoms with Gasteiger partial charge in [0.1, 0.15) is 0 Å². The fraction of sp³-hybridized carbons (Fsp3) is 0.706. The summed E-state index contributed by atoms with van der Waals surface area (Å²) in [4.78, 5) is 14.9. The van der Waals surface area contributed by atoms with Gasteiger partial charge in [-0.15, -0.1) is 0 Å². The van der Waals surface area contributed by atoms with Crippen LogP contribution in [0.25, 0.3) is 0 Å². The Morgan fingerprint density at radius 3 is 2.62 bits per heavy atom. The summed E-state index contributed by atoms with van der Waals surface area (Å²) in [5.41, 5.74) is 8.96. The summed E-state index contributed by atoms with van der Waals surface area (Å²) in [5.74, 6) is 0.808. The number of aryl methyl sites for hydroxylation is 1. The van der Waals surface area contributed by atoms with Crippen molar-refractivity contribution in [2.75, 3.05) is 13.1 Å². The summed E-state index contributed by atoms with van der Waals surface area (Å²) in [5, 5.41) is 0. The fourth-order valence-corrected chi connectivity index (χ4v) is 3.69. The first-order chi connectivity index (χ1) is 9.86. The molecule has 2 atom stereocenters. The number of amides is 1. The molecule has 1 amide bonds. The van der Waals surface area contributed by atoms with E-state index in [1.807, 2.05) is 17.9 Å². The van der Waals surface area contributed by atoms with Gasteiger partial charge in [0, 0.05) is 36.6 Å². The predicted molar refractivity (Wildman–Crippen MR) is 86.6 cm³/mol. The summed E-state index contributed by atoms with van der Waals surface area (Å²) >= 11 is 0. The van der Waals surface area contributed by atoms with Crippen molar-refractivity contribution in [3.8, 4) is 0 Å². The van der Waals surface area contributed by atoms with Crippen LogP contribution in [0.4, 0.5) is 0 Å². The monoisotopic (exact) mass is 291 g/mol. The van der Waals surface area contributed by atoms with E-state index in [1.54, 1.807) is 0 Å². The number of aromatic nitrogens is 1. The summed E-state index contributed by atoms with van der Waals surface area (Å²) in [6, 6.07) is 2.59. The molecule has 2 unspecified atom stereocenters. The predicted octanol–water partition coefficient (Wildman–Crippen LogP) is 2.89. The van der Waals surface area contributed by atoms with Crippen LogP contribution in [0.15, 0.2) is 6.07 Å². The van der Waals surface area contributed by atoms with E-state index in [9.17, 15) is 4.79 Å². The molecule has 0 aliphatic carbocycles. The topological polar surface area (TPSA) is 51.3 Å². The van der Waals surface area contributed by atoms with Crippen LogP contribution in [0.1, 0.15) is 61.4 Å². The van der Waals surface area contributed by atoms with Crippen molar-refractivity contribution in [1.29, 1.82) is 0 Å². The Hall–Kier alpha value is -1.29. The van der Waals surface area contributed by atoms with Crippen LogP contribution in [0.3, 0.4) is 0 Å². The molecule has 0 aromatic carbocycles. The number of nitrogens with two attached hydrogens (primary N) is 1. The number of hydrogen-bond acceptors (Lipinski definition) is 2. The number of nitrogens with zero attached hydrogens (tertiary/aromatic N) is 2. The molecule has 2 heterocycles. The molecule has 2 N–H and O–H groups in total. The second-order valence-corrected chi connectivity index (χ2v) is 6.77. The maximum absolute atomic E-state index is 12.9. The third kappa shape index (κ3) is 3.00. The summed E-state index contributed by atoms with van der Waals surface area (Å²) in [6.45, 7) is 12.0. The van der Waals surface area contributed by atoms with Crippen LogP contribution in [0.2, 0.25) is 0 Å². The summed E-state index contributed by atoms with van der Waals surface area (Å²) in [7, 11) is 0. The SMILES string of the molecule is Cc1cc(C(=O)N2CCC(C)CC2CN)c(C)n1C(C)C. The minimum absolute atomic E-state index is 0.150. The van der Waals surface area contributed by atoms with Crippen LogP contribution in [-0.2, 0) is 0 Å². The molecule has 4 nitrogen and oxygen atoms in total. The summed E-state index contributed by atoms with van der Waals surface area (Å²) in [6.07, 6.45) is 2.09. The first-order valence-electron chi connectivity index (χ1n) is 8.06. The molecule has 1 aliphatic rings. The van der Waals surface area contributed by atoms with Gasteiger partial charge >= 0.3 is 0 Å². The molecule has 1 aromatic heterocycles. The highest BCUT2D eigenvalue weighted by Crippen LogP contribution is 2.26. The number of hydrogen-bond donors (Lipinski definition) is 1. The third-order valence-corrected chi connectivity index (χ3v) is 4.74. The molecule has 1 saturated heterocycles. The molecule has 118 valence electrons. The Labute approximate surface area is 128 Å². The lowest BCUT2D eigenvalue weighted by atomic mass is 9.92. The number of piperidine rings is 1. The molecule has 0 saturated carbocycles. The van der Waals surface area contributed by atoms with E-state index in [0.29, 0.717) is 18.5 Å². The molecule has 4 heteroatoms. The van der Waals surface area contributed by atoms with Gasteiger partial charge in [-0.2, -0.15) is 0 Å². The van der Waals surface area contributed by atoms with Crippen molar-refractivity contribution in [3.63, 3.8) is 0 Å². The average Bonchev–Trinajstić information content (AvgIpc) is 2.73. The zero-order chi connectivity index (χ0) is 15.7. The first kappa shape index (κ1) is 16.1. The van der Waals surface area contributed by atoms with Gasteiger partial charge < -0.3 is 15.2 Å². The second-order valence-electron chi connectivity index (χ2n) is 6.77. The van der Waals surface area contributed by atoms with Crippen molar-refractivity contribution in [1.82, 2.24) is 9.47 Å². The van der Waals surface area contributed by atoms with Gasteiger partial charge in [-0.25, -0.2) is 0 Å². The Balaban J connectivity index is 2.30. The molecule has 0 spiro atoms. The Bertz CT molecular complexity index is 518. The molecule has 1 aromatic rings. The number of carbonyl (C=O) groups is 1. The van der Waals surface area contributed by atoms with Crippen LogP contribution in [0, 0.1) is 19.8 Å². The second kappa shape index (κ2) is 6.22. The first-order valence-corrected chi connectivity index (χ1v) is 8.06. The van der Waals surface area contributed by atoms with E-state index in [4.69, 9.17) is 5.73 Å². The lowest BCUT2D eigenvalue weighted by molar-refractivity contribution is 0.0573. The third-order valence-electron chi connectivity index (χ3n) is 4.74. The largest absolute Gasteiger partial charge is 0.346 e. The number of carbonyl (C=O) groups excluding carboxylic acids is 1. The van der Waals surface area contributed by atoms with E-state index < -0.39 is 0 Å². The fourth-order valence-electron chi connectivity index (χ4n) is 3.69. The van der Waals surface area contributed by atoms with Crippen LogP contribution < -0.4 is 5.73 Å². The van der Waals surface area contributed by atoms with Crippen molar-refractivity contribution in [2.45, 2.75) is 59.5 Å². The van der Waals surface area contributed by atoms with Gasteiger partial charge in [0.25, 0.3) is 5.91 Å². The Morgan fingerprint density at radius 1 is 1.43 bits per heavy atom. The standard InChI is InChI=1S/C17H29N3O/c1-11(2)20-13(4)9-16(14(20)5)17(21)19-7-6-12(3)8-15(19)10-18/h9,11-12,15H,6-8,10,18H2,1-5H3. The van der Waals surface area contributed by atoms with Crippen LogP contribution >= 0.6 is 0 Å². The van der Waals surface area contributed by atoms with Crippen molar-refractivity contribution >= 4 is 5.91 Å². The van der Waals surface area contributed by atoms with Gasteiger partial charge in [-0.05, 0) is 52.5 Å². The molecule has 0 bridgehead atoms. The summed E-state index contributed by atoms with van der Waals surface area (Å²) < 4.78 is 2.23. The Kier molecular flexibility index (Phi) is 4.77. The van der Waals surface area contributed by atoms with E-state index in [1.165, 1.54) is 0 Å². The number of rotatable bonds is 3. The van der Waals surface area contributed by atoms with Gasteiger partial charge in [-0.3, -0.25) is 4.79 Å². The van der Waals surface area contributed by atoms with E-state index in [-0.39, 0.29) is 11.9 Å². The lowest BCUT2D eigenvalue weighted by Gasteiger charge is -2.38. The smallest absolute Gasteiger partial charge is 0.255 e. The van der Waals surface area contributed by atoms with E-state index in [0.717, 1.165) is 36.3 Å². The van der Waals surface area contributed by atoms with Gasteiger partial charge in [0.2, 0.25) is 0 Å². The molecular weight excluding hydrogens is 262 g/mol. The maximum atomic E-state index is 12.9. The molecule has 1 aliphatic heterocycles. The van der Waals surface area contributed by atoms with Crippen LogP contribution in [-0.4, -0.2) is 34.5 Å². The van der Waals surface area contributed by atoms with E-state index >= 15 is 0 Å². The zero-order valence-electron chi connectivity index (χ0n) is 14.0. The zero-order valence-corrected chi connectivity index (χ0v) is 14.0. The highest BCUT2D eigenvalue weighted by atomic mass is 16.2. The quantitative estimate of drug-likeness (QED) is 0.931. The molecule has 1 fully saturated rings. The minimum atomic E-state index is 0.150. The molecular formula is C17H29N3O. The highest BCUT2D eigenvalue weighted by molar-refractivity contribution is 5.96. The van der Waals surface area contributed by atoms with Crippen molar-refractivity contribution in [2.24, 2.45) is 11.7 Å². The normalized spacial score (nSPS) is 22.9. The molecule has 2 rings (SSSR count). The maximum Gasteiger partial charge on any atom is 0.255 e. The van der Waals surface area contributed by atoms with Crippen molar-refractivity contribution < 1.29 is 4.79 Å². The van der Waals surface area contributed by atoms with Gasteiger partial charge in [0.15, 0.2) is 0 Å². The van der Waals surface area contributed by atoms with Crippen molar-refractivity contribution in [3.05, 3.63) is 23.0 Å². The van der Waals surface area contributed by atoms with Gasteiger partial charge in [-0.1, -0.05) is 6.92 Å². The molecule has 0 radical (unpaired) electrons. The van der Waals surface area contributed by atoms with Crippen LogP contribution in [0.5, 0.6) is 0 Å².